The molecule has 0 spiro atoms. The van der Waals surface area contributed by atoms with Gasteiger partial charge in [-0.15, -0.1) is 0 Å². The lowest BCUT2D eigenvalue weighted by molar-refractivity contribution is 0.338. The van der Waals surface area contributed by atoms with Crippen LogP contribution in [0.5, 0.6) is 0 Å². The number of rotatable bonds is 3. The van der Waals surface area contributed by atoms with Crippen LogP contribution in [0.1, 0.15) is 37.8 Å². The summed E-state index contributed by atoms with van der Waals surface area (Å²) in [4.78, 5) is 3.71. The second kappa shape index (κ2) is 5.58. The fraction of sp³-hybridized carbons (Fsp3) is 0.462. The molecule has 20 heavy (non-hydrogen) atoms. The molecule has 1 aliphatic rings. The maximum absolute atomic E-state index is 12.3. The first-order chi connectivity index (χ1) is 9.51. The molecule has 7 heteroatoms. The highest BCUT2D eigenvalue weighted by Gasteiger charge is 2.36. The summed E-state index contributed by atoms with van der Waals surface area (Å²) in [5.41, 5.74) is -0.873. The fourth-order valence-corrected chi connectivity index (χ4v) is 3.63. The highest BCUT2D eigenvalue weighted by molar-refractivity contribution is 7.89. The second-order valence-corrected chi connectivity index (χ2v) is 6.53. The molecule has 1 aliphatic carbocycles. The van der Waals surface area contributed by atoms with Crippen molar-refractivity contribution in [3.8, 4) is 12.1 Å². The van der Waals surface area contributed by atoms with Gasteiger partial charge in [0.25, 0.3) is 0 Å². The lowest BCUT2D eigenvalue weighted by atomic mass is 9.84. The summed E-state index contributed by atoms with van der Waals surface area (Å²) in [5, 5.41) is 17.9. The summed E-state index contributed by atoms with van der Waals surface area (Å²) >= 11 is 0. The van der Waals surface area contributed by atoms with Gasteiger partial charge < -0.3 is 0 Å². The molecular formula is C13H14N4O2S. The van der Waals surface area contributed by atoms with Crippen molar-refractivity contribution in [3.05, 3.63) is 24.0 Å². The van der Waals surface area contributed by atoms with Gasteiger partial charge in [-0.3, -0.25) is 0 Å². The van der Waals surface area contributed by atoms with E-state index in [1.54, 1.807) is 0 Å². The second-order valence-electron chi connectivity index (χ2n) is 4.85. The summed E-state index contributed by atoms with van der Waals surface area (Å²) in [5.74, 6) is 0. The Morgan fingerprint density at radius 2 is 1.90 bits per heavy atom. The van der Waals surface area contributed by atoms with Crippen LogP contribution in [0.15, 0.2) is 23.2 Å². The molecule has 2 rings (SSSR count). The Bertz CT molecular complexity index is 662. The summed E-state index contributed by atoms with van der Waals surface area (Å²) < 4.78 is 27.1. The number of nitrogens with one attached hydrogen (secondary N) is 1. The van der Waals surface area contributed by atoms with E-state index in [9.17, 15) is 13.7 Å². The molecule has 6 nitrogen and oxygen atoms in total. The number of hydrogen-bond donors (Lipinski definition) is 1. The van der Waals surface area contributed by atoms with Crippen molar-refractivity contribution in [2.45, 2.75) is 42.5 Å². The molecule has 1 saturated carbocycles. The van der Waals surface area contributed by atoms with Gasteiger partial charge in [0.2, 0.25) is 10.0 Å². The SMILES string of the molecule is N#Cc1ccc(S(=O)(=O)NC2(C#N)CCCCC2)cn1. The maximum Gasteiger partial charge on any atom is 0.243 e. The monoisotopic (exact) mass is 290 g/mol. The maximum atomic E-state index is 12.3. The molecule has 0 aliphatic heterocycles. The van der Waals surface area contributed by atoms with E-state index in [1.165, 1.54) is 12.1 Å². The number of aromatic nitrogens is 1. The van der Waals surface area contributed by atoms with Gasteiger partial charge in [-0.05, 0) is 25.0 Å². The normalized spacial score (nSPS) is 17.9. The van der Waals surface area contributed by atoms with Crippen molar-refractivity contribution in [1.82, 2.24) is 9.71 Å². The zero-order valence-corrected chi connectivity index (χ0v) is 11.7. The van der Waals surface area contributed by atoms with E-state index in [2.05, 4.69) is 15.8 Å². The highest BCUT2D eigenvalue weighted by atomic mass is 32.2. The molecule has 1 aromatic rings. The number of nitrogens with zero attached hydrogens (tertiary/aromatic N) is 3. The smallest absolute Gasteiger partial charge is 0.243 e. The molecule has 0 saturated heterocycles. The third-order valence-electron chi connectivity index (χ3n) is 3.41. The molecule has 0 amide bonds. The first-order valence-electron chi connectivity index (χ1n) is 6.33. The minimum absolute atomic E-state index is 0.0308. The number of pyridine rings is 1. The van der Waals surface area contributed by atoms with Gasteiger partial charge in [0.05, 0.1) is 6.07 Å². The van der Waals surface area contributed by atoms with E-state index in [1.807, 2.05) is 6.07 Å². The van der Waals surface area contributed by atoms with Crippen LogP contribution in [0.2, 0.25) is 0 Å². The van der Waals surface area contributed by atoms with Gasteiger partial charge in [0, 0.05) is 6.20 Å². The summed E-state index contributed by atoms with van der Waals surface area (Å²) in [6.45, 7) is 0. The van der Waals surface area contributed by atoms with Crippen molar-refractivity contribution < 1.29 is 8.42 Å². The van der Waals surface area contributed by atoms with E-state index in [4.69, 9.17) is 5.26 Å². The van der Waals surface area contributed by atoms with Gasteiger partial charge >= 0.3 is 0 Å². The van der Waals surface area contributed by atoms with E-state index >= 15 is 0 Å². The molecule has 1 heterocycles. The quantitative estimate of drug-likeness (QED) is 0.906. The third kappa shape index (κ3) is 2.96. The van der Waals surface area contributed by atoms with Crippen molar-refractivity contribution in [2.24, 2.45) is 0 Å². The van der Waals surface area contributed by atoms with Crippen molar-refractivity contribution in [2.75, 3.05) is 0 Å². The Hall–Kier alpha value is -1.96. The summed E-state index contributed by atoms with van der Waals surface area (Å²) in [6.07, 6.45) is 4.86. The zero-order valence-electron chi connectivity index (χ0n) is 10.8. The first kappa shape index (κ1) is 14.4. The highest BCUT2D eigenvalue weighted by Crippen LogP contribution is 2.29. The van der Waals surface area contributed by atoms with Crippen LogP contribution in [0.3, 0.4) is 0 Å². The van der Waals surface area contributed by atoms with Gasteiger partial charge in [0.15, 0.2) is 0 Å². The molecule has 0 aromatic carbocycles. The number of nitriles is 2. The molecule has 1 N–H and O–H groups in total. The van der Waals surface area contributed by atoms with Gasteiger partial charge in [-0.25, -0.2) is 13.4 Å². The summed E-state index contributed by atoms with van der Waals surface area (Å²) in [7, 11) is -3.80. The predicted octanol–water partition coefficient (Wildman–Crippen LogP) is 1.46. The standard InChI is InChI=1S/C13H14N4O2S/c14-8-11-4-5-12(9-16-11)20(18,19)17-13(10-15)6-2-1-3-7-13/h4-5,9,17H,1-3,6-7H2. The van der Waals surface area contributed by atoms with Crippen LogP contribution in [0.25, 0.3) is 0 Å². The van der Waals surface area contributed by atoms with E-state index in [0.29, 0.717) is 12.8 Å². The van der Waals surface area contributed by atoms with Crippen LogP contribution in [0.4, 0.5) is 0 Å². The Kier molecular flexibility index (Phi) is 4.03. The van der Waals surface area contributed by atoms with Crippen molar-refractivity contribution in [1.29, 1.82) is 10.5 Å². The van der Waals surface area contributed by atoms with E-state index in [0.717, 1.165) is 25.5 Å². The minimum Gasteiger partial charge on any atom is -0.244 e. The Labute approximate surface area is 118 Å². The molecule has 1 aromatic heterocycles. The van der Waals surface area contributed by atoms with Crippen LogP contribution < -0.4 is 4.72 Å². The van der Waals surface area contributed by atoms with Gasteiger partial charge in [0.1, 0.15) is 22.2 Å². The van der Waals surface area contributed by atoms with Crippen molar-refractivity contribution >= 4 is 10.0 Å². The lowest BCUT2D eigenvalue weighted by Gasteiger charge is -2.31. The van der Waals surface area contributed by atoms with E-state index < -0.39 is 15.6 Å². The Morgan fingerprint density at radius 1 is 1.20 bits per heavy atom. The number of sulfonamides is 1. The Balaban J connectivity index is 2.26. The van der Waals surface area contributed by atoms with E-state index in [-0.39, 0.29) is 10.6 Å². The third-order valence-corrected chi connectivity index (χ3v) is 4.93. The molecule has 104 valence electrons. The molecular weight excluding hydrogens is 276 g/mol. The molecule has 0 bridgehead atoms. The van der Waals surface area contributed by atoms with Crippen molar-refractivity contribution in [3.63, 3.8) is 0 Å². The van der Waals surface area contributed by atoms with Crippen LogP contribution in [-0.2, 0) is 10.0 Å². The molecule has 0 radical (unpaired) electrons. The predicted molar refractivity (Wildman–Crippen MR) is 70.7 cm³/mol. The molecule has 0 atom stereocenters. The summed E-state index contributed by atoms with van der Waals surface area (Å²) in [6, 6.07) is 6.59. The fourth-order valence-electron chi connectivity index (χ4n) is 2.31. The molecule has 1 fully saturated rings. The zero-order chi connectivity index (χ0) is 14.6. The number of hydrogen-bond acceptors (Lipinski definition) is 5. The largest absolute Gasteiger partial charge is 0.244 e. The van der Waals surface area contributed by atoms with Gasteiger partial charge in [-0.1, -0.05) is 19.3 Å². The minimum atomic E-state index is -3.80. The Morgan fingerprint density at radius 3 is 2.40 bits per heavy atom. The van der Waals surface area contributed by atoms with Crippen LogP contribution >= 0.6 is 0 Å². The average molecular weight is 290 g/mol. The topological polar surface area (TPSA) is 107 Å². The van der Waals surface area contributed by atoms with Crippen LogP contribution in [0, 0.1) is 22.7 Å². The first-order valence-corrected chi connectivity index (χ1v) is 7.81. The average Bonchev–Trinajstić information content (AvgIpc) is 2.48. The van der Waals surface area contributed by atoms with Gasteiger partial charge in [-0.2, -0.15) is 15.2 Å². The lowest BCUT2D eigenvalue weighted by Crippen LogP contribution is -2.48. The van der Waals surface area contributed by atoms with Crippen LogP contribution in [-0.4, -0.2) is 18.9 Å². The molecule has 0 unspecified atom stereocenters.